The fraction of sp³-hybridized carbons (Fsp3) is 1.00. The third kappa shape index (κ3) is 6.62. The monoisotopic (exact) mass is 173 g/mol. The zero-order chi connectivity index (χ0) is 9.40. The normalized spacial score (nSPS) is 13.8. The van der Waals surface area contributed by atoms with Crippen LogP contribution in [0, 0.1) is 11.8 Å². The Bertz CT molecular complexity index is 93.8. The van der Waals surface area contributed by atoms with Gasteiger partial charge < -0.3 is 10.5 Å². The molecule has 0 saturated carbocycles. The van der Waals surface area contributed by atoms with Crippen molar-refractivity contribution in [1.82, 2.24) is 0 Å². The molecule has 0 fully saturated rings. The second-order valence-corrected chi connectivity index (χ2v) is 3.87. The predicted octanol–water partition coefficient (Wildman–Crippen LogP) is 2.03. The van der Waals surface area contributed by atoms with E-state index in [9.17, 15) is 0 Å². The van der Waals surface area contributed by atoms with Crippen molar-refractivity contribution >= 4 is 0 Å². The third-order valence-corrected chi connectivity index (χ3v) is 2.10. The molecule has 0 aromatic heterocycles. The quantitative estimate of drug-likeness (QED) is 0.598. The lowest BCUT2D eigenvalue weighted by Crippen LogP contribution is -2.16. The molecule has 0 aliphatic rings. The number of methoxy groups -OCH3 is 1. The molecule has 0 spiro atoms. The Balaban J connectivity index is 3.39. The zero-order valence-electron chi connectivity index (χ0n) is 8.68. The molecule has 0 saturated heterocycles. The summed E-state index contributed by atoms with van der Waals surface area (Å²) >= 11 is 0. The minimum absolute atomic E-state index is 0.695. The molecule has 12 heavy (non-hydrogen) atoms. The second-order valence-electron chi connectivity index (χ2n) is 3.87. The molecular weight excluding hydrogens is 150 g/mol. The van der Waals surface area contributed by atoms with Crippen LogP contribution in [0.2, 0.25) is 0 Å². The highest BCUT2D eigenvalue weighted by molar-refractivity contribution is 4.62. The molecule has 0 aliphatic heterocycles. The molecule has 0 amide bonds. The van der Waals surface area contributed by atoms with Gasteiger partial charge in [0.15, 0.2) is 0 Å². The molecule has 2 N–H and O–H groups in total. The largest absolute Gasteiger partial charge is 0.385 e. The summed E-state index contributed by atoms with van der Waals surface area (Å²) in [6.07, 6.45) is 3.60. The van der Waals surface area contributed by atoms with E-state index in [0.717, 1.165) is 25.5 Å². The maximum Gasteiger partial charge on any atom is 0.0462 e. The van der Waals surface area contributed by atoms with Crippen LogP contribution < -0.4 is 5.73 Å². The molecule has 2 nitrogen and oxygen atoms in total. The van der Waals surface area contributed by atoms with E-state index in [1.807, 2.05) is 0 Å². The summed E-state index contributed by atoms with van der Waals surface area (Å²) in [5, 5.41) is 0. The second kappa shape index (κ2) is 7.56. The number of rotatable bonds is 7. The summed E-state index contributed by atoms with van der Waals surface area (Å²) in [4.78, 5) is 0. The van der Waals surface area contributed by atoms with Crippen molar-refractivity contribution < 1.29 is 4.74 Å². The van der Waals surface area contributed by atoms with Crippen LogP contribution in [0.4, 0.5) is 0 Å². The van der Waals surface area contributed by atoms with E-state index in [1.54, 1.807) is 7.11 Å². The van der Waals surface area contributed by atoms with E-state index in [0.29, 0.717) is 5.92 Å². The van der Waals surface area contributed by atoms with Crippen molar-refractivity contribution in [2.45, 2.75) is 33.1 Å². The van der Waals surface area contributed by atoms with Gasteiger partial charge in [0.05, 0.1) is 0 Å². The van der Waals surface area contributed by atoms with Crippen molar-refractivity contribution in [2.75, 3.05) is 20.3 Å². The molecule has 0 bridgehead atoms. The first-order valence-corrected chi connectivity index (χ1v) is 4.89. The topological polar surface area (TPSA) is 35.2 Å². The highest BCUT2D eigenvalue weighted by Gasteiger charge is 2.07. The van der Waals surface area contributed by atoms with Gasteiger partial charge in [-0.3, -0.25) is 0 Å². The molecular formula is C10H23NO. The van der Waals surface area contributed by atoms with Crippen molar-refractivity contribution in [3.05, 3.63) is 0 Å². The third-order valence-electron chi connectivity index (χ3n) is 2.10. The lowest BCUT2D eigenvalue weighted by Gasteiger charge is -2.16. The standard InChI is InChI=1S/C10H23NO/c1-9(2)7-10(8-11)5-4-6-12-3/h9-10H,4-8,11H2,1-3H3. The smallest absolute Gasteiger partial charge is 0.0462 e. The maximum absolute atomic E-state index is 5.66. The Morgan fingerprint density at radius 3 is 2.42 bits per heavy atom. The van der Waals surface area contributed by atoms with Crippen LogP contribution in [-0.2, 0) is 4.74 Å². The van der Waals surface area contributed by atoms with E-state index >= 15 is 0 Å². The van der Waals surface area contributed by atoms with Crippen LogP contribution in [0.15, 0.2) is 0 Å². The highest BCUT2D eigenvalue weighted by Crippen LogP contribution is 2.15. The van der Waals surface area contributed by atoms with E-state index in [-0.39, 0.29) is 0 Å². The van der Waals surface area contributed by atoms with E-state index in [1.165, 1.54) is 12.8 Å². The van der Waals surface area contributed by atoms with Gasteiger partial charge in [-0.25, -0.2) is 0 Å². The van der Waals surface area contributed by atoms with Gasteiger partial charge in [-0.1, -0.05) is 13.8 Å². The Morgan fingerprint density at radius 1 is 1.33 bits per heavy atom. The average Bonchev–Trinajstić information content (AvgIpc) is 2.02. The summed E-state index contributed by atoms with van der Waals surface area (Å²) in [6, 6.07) is 0. The molecule has 0 aromatic carbocycles. The number of hydrogen-bond acceptors (Lipinski definition) is 2. The summed E-state index contributed by atoms with van der Waals surface area (Å²) in [5.41, 5.74) is 5.66. The van der Waals surface area contributed by atoms with Crippen molar-refractivity contribution in [3.8, 4) is 0 Å². The van der Waals surface area contributed by atoms with Crippen LogP contribution in [0.1, 0.15) is 33.1 Å². The maximum atomic E-state index is 5.66. The van der Waals surface area contributed by atoms with Crippen molar-refractivity contribution in [3.63, 3.8) is 0 Å². The molecule has 0 rings (SSSR count). The van der Waals surface area contributed by atoms with E-state index in [4.69, 9.17) is 10.5 Å². The van der Waals surface area contributed by atoms with Gasteiger partial charge in [0.2, 0.25) is 0 Å². The Morgan fingerprint density at radius 2 is 2.00 bits per heavy atom. The van der Waals surface area contributed by atoms with Gasteiger partial charge in [-0.05, 0) is 37.6 Å². The van der Waals surface area contributed by atoms with Gasteiger partial charge in [0.1, 0.15) is 0 Å². The molecule has 0 radical (unpaired) electrons. The molecule has 1 atom stereocenters. The van der Waals surface area contributed by atoms with Gasteiger partial charge in [0.25, 0.3) is 0 Å². The first-order chi connectivity index (χ1) is 5.70. The van der Waals surface area contributed by atoms with Gasteiger partial charge in [-0.2, -0.15) is 0 Å². The summed E-state index contributed by atoms with van der Waals surface area (Å²) in [7, 11) is 1.75. The molecule has 0 heterocycles. The zero-order valence-corrected chi connectivity index (χ0v) is 8.68. The van der Waals surface area contributed by atoms with Crippen LogP contribution >= 0.6 is 0 Å². The predicted molar refractivity (Wildman–Crippen MR) is 53.1 cm³/mol. The molecule has 0 aromatic rings. The summed E-state index contributed by atoms with van der Waals surface area (Å²) in [6.45, 7) is 6.19. The number of nitrogens with two attached hydrogens (primary N) is 1. The van der Waals surface area contributed by atoms with Crippen LogP contribution in [0.3, 0.4) is 0 Å². The first kappa shape index (κ1) is 11.9. The lowest BCUT2D eigenvalue weighted by molar-refractivity contribution is 0.185. The molecule has 1 unspecified atom stereocenters. The minimum atomic E-state index is 0.695. The first-order valence-electron chi connectivity index (χ1n) is 4.89. The fourth-order valence-electron chi connectivity index (χ4n) is 1.51. The summed E-state index contributed by atoms with van der Waals surface area (Å²) < 4.78 is 5.00. The SMILES string of the molecule is COCCCC(CN)CC(C)C. The Kier molecular flexibility index (Phi) is 7.51. The minimum Gasteiger partial charge on any atom is -0.385 e. The van der Waals surface area contributed by atoms with Crippen LogP contribution in [0.25, 0.3) is 0 Å². The number of ether oxygens (including phenoxy) is 1. The van der Waals surface area contributed by atoms with Crippen LogP contribution in [0.5, 0.6) is 0 Å². The van der Waals surface area contributed by atoms with E-state index < -0.39 is 0 Å². The Hall–Kier alpha value is -0.0800. The van der Waals surface area contributed by atoms with Crippen molar-refractivity contribution in [2.24, 2.45) is 17.6 Å². The van der Waals surface area contributed by atoms with Gasteiger partial charge >= 0.3 is 0 Å². The fourth-order valence-corrected chi connectivity index (χ4v) is 1.51. The Labute approximate surface area is 76.5 Å². The van der Waals surface area contributed by atoms with Crippen LogP contribution in [-0.4, -0.2) is 20.3 Å². The summed E-state index contributed by atoms with van der Waals surface area (Å²) in [5.74, 6) is 1.46. The van der Waals surface area contributed by atoms with E-state index in [2.05, 4.69) is 13.8 Å². The molecule has 74 valence electrons. The highest BCUT2D eigenvalue weighted by atomic mass is 16.5. The molecule has 0 aliphatic carbocycles. The molecule has 2 heteroatoms. The average molecular weight is 173 g/mol. The van der Waals surface area contributed by atoms with Gasteiger partial charge in [0, 0.05) is 13.7 Å². The van der Waals surface area contributed by atoms with Gasteiger partial charge in [-0.15, -0.1) is 0 Å². The van der Waals surface area contributed by atoms with Crippen molar-refractivity contribution in [1.29, 1.82) is 0 Å². The lowest BCUT2D eigenvalue weighted by atomic mass is 9.93. The number of hydrogen-bond donors (Lipinski definition) is 1.